The van der Waals surface area contributed by atoms with Crippen LogP contribution in [0.25, 0.3) is 0 Å². The van der Waals surface area contributed by atoms with Crippen LogP contribution in [-0.4, -0.2) is 42.3 Å². The van der Waals surface area contributed by atoms with E-state index >= 15 is 0 Å². The molecule has 1 aromatic rings. The molecule has 0 bridgehead atoms. The van der Waals surface area contributed by atoms with Crippen LogP contribution in [0, 0.1) is 6.92 Å². The molecule has 0 atom stereocenters. The molecule has 0 fully saturated rings. The second-order valence-corrected chi connectivity index (χ2v) is 3.54. The number of aryl methyl sites for hydroxylation is 1. The first-order valence-electron chi connectivity index (χ1n) is 6.01. The molecule has 0 spiro atoms. The number of ether oxygens (including phenoxy) is 2. The van der Waals surface area contributed by atoms with Crippen molar-refractivity contribution in [3.05, 3.63) is 17.5 Å². The smallest absolute Gasteiger partial charge is 0.341 e. The van der Waals surface area contributed by atoms with Crippen molar-refractivity contribution in [1.29, 1.82) is 0 Å². The van der Waals surface area contributed by atoms with E-state index in [-0.39, 0.29) is 0 Å². The summed E-state index contributed by atoms with van der Waals surface area (Å²) in [5.74, 6) is 0.0936. The molecule has 18 heavy (non-hydrogen) atoms. The molecule has 6 heteroatoms. The van der Waals surface area contributed by atoms with E-state index in [2.05, 4.69) is 15.3 Å². The van der Waals surface area contributed by atoms with Gasteiger partial charge in [-0.15, -0.1) is 0 Å². The third kappa shape index (κ3) is 4.29. The van der Waals surface area contributed by atoms with E-state index in [1.165, 1.54) is 6.20 Å². The molecule has 1 aromatic heterocycles. The minimum absolute atomic E-state index is 0.340. The number of hydrogen-bond donors (Lipinski definition) is 1. The van der Waals surface area contributed by atoms with E-state index in [9.17, 15) is 4.79 Å². The van der Waals surface area contributed by atoms with Crippen molar-refractivity contribution in [1.82, 2.24) is 9.97 Å². The van der Waals surface area contributed by atoms with Gasteiger partial charge in [0.25, 0.3) is 0 Å². The number of esters is 1. The Bertz CT molecular complexity index is 396. The van der Waals surface area contributed by atoms with Crippen LogP contribution in [0.15, 0.2) is 6.20 Å². The second-order valence-electron chi connectivity index (χ2n) is 3.54. The third-order valence-corrected chi connectivity index (χ3v) is 2.21. The van der Waals surface area contributed by atoms with Crippen molar-refractivity contribution in [3.63, 3.8) is 0 Å². The highest BCUT2D eigenvalue weighted by Crippen LogP contribution is 2.08. The van der Waals surface area contributed by atoms with Crippen molar-refractivity contribution in [2.75, 3.05) is 31.7 Å². The molecule has 100 valence electrons. The van der Waals surface area contributed by atoms with Gasteiger partial charge in [0.2, 0.25) is 5.95 Å². The molecule has 0 radical (unpaired) electrons. The Kier molecular flexibility index (Phi) is 6.07. The number of anilines is 1. The van der Waals surface area contributed by atoms with Crippen molar-refractivity contribution >= 4 is 11.9 Å². The Morgan fingerprint density at radius 2 is 2.17 bits per heavy atom. The van der Waals surface area contributed by atoms with Crippen LogP contribution in [-0.2, 0) is 9.47 Å². The van der Waals surface area contributed by atoms with Gasteiger partial charge in [-0.3, -0.25) is 0 Å². The highest BCUT2D eigenvalue weighted by Gasteiger charge is 2.12. The third-order valence-electron chi connectivity index (χ3n) is 2.21. The second kappa shape index (κ2) is 7.60. The van der Waals surface area contributed by atoms with Crippen molar-refractivity contribution in [2.24, 2.45) is 0 Å². The summed E-state index contributed by atoms with van der Waals surface area (Å²) in [5.41, 5.74) is 0.995. The van der Waals surface area contributed by atoms with Crippen LogP contribution in [0.3, 0.4) is 0 Å². The van der Waals surface area contributed by atoms with E-state index in [0.717, 1.165) is 0 Å². The number of carbonyl (C=O) groups is 1. The summed E-state index contributed by atoms with van der Waals surface area (Å²) in [6.07, 6.45) is 1.48. The van der Waals surface area contributed by atoms with Gasteiger partial charge in [0.1, 0.15) is 0 Å². The maximum atomic E-state index is 11.5. The zero-order chi connectivity index (χ0) is 13.4. The predicted octanol–water partition coefficient (Wildman–Crippen LogP) is 1.41. The Balaban J connectivity index is 2.59. The molecule has 0 saturated carbocycles. The van der Waals surface area contributed by atoms with E-state index in [1.807, 2.05) is 6.92 Å². The number of carbonyl (C=O) groups excluding carboxylic acids is 1. The maximum Gasteiger partial charge on any atom is 0.341 e. The summed E-state index contributed by atoms with van der Waals surface area (Å²) in [4.78, 5) is 19.8. The molecule has 0 aromatic carbocycles. The Morgan fingerprint density at radius 3 is 2.78 bits per heavy atom. The maximum absolute atomic E-state index is 11.5. The van der Waals surface area contributed by atoms with Crippen LogP contribution < -0.4 is 5.32 Å². The lowest BCUT2D eigenvalue weighted by Gasteiger charge is -2.08. The van der Waals surface area contributed by atoms with Gasteiger partial charge in [-0.05, 0) is 20.8 Å². The van der Waals surface area contributed by atoms with E-state index in [0.29, 0.717) is 43.6 Å². The average molecular weight is 253 g/mol. The zero-order valence-electron chi connectivity index (χ0n) is 11.0. The van der Waals surface area contributed by atoms with Crippen LogP contribution in [0.5, 0.6) is 0 Å². The largest absolute Gasteiger partial charge is 0.462 e. The summed E-state index contributed by atoms with van der Waals surface area (Å²) >= 11 is 0. The normalized spacial score (nSPS) is 10.2. The molecular weight excluding hydrogens is 234 g/mol. The molecule has 0 aliphatic heterocycles. The van der Waals surface area contributed by atoms with Crippen LogP contribution in [0.1, 0.15) is 29.9 Å². The van der Waals surface area contributed by atoms with Gasteiger partial charge in [0, 0.05) is 19.3 Å². The molecule has 0 aliphatic rings. The molecule has 0 unspecified atom stereocenters. The lowest BCUT2D eigenvalue weighted by Crippen LogP contribution is -2.14. The zero-order valence-corrected chi connectivity index (χ0v) is 11.0. The Labute approximate surface area is 107 Å². The molecule has 1 heterocycles. The van der Waals surface area contributed by atoms with Gasteiger partial charge < -0.3 is 14.8 Å². The highest BCUT2D eigenvalue weighted by molar-refractivity contribution is 5.90. The summed E-state index contributed by atoms with van der Waals surface area (Å²) in [6.45, 7) is 7.70. The standard InChI is InChI=1S/C12H19N3O3/c1-4-17-7-6-13-12-14-8-10(9(3)15-12)11(16)18-5-2/h8H,4-7H2,1-3H3,(H,13,14,15). The van der Waals surface area contributed by atoms with Gasteiger partial charge in [-0.2, -0.15) is 0 Å². The summed E-state index contributed by atoms with van der Waals surface area (Å²) in [5, 5.41) is 3.02. The Morgan fingerprint density at radius 1 is 1.39 bits per heavy atom. The SMILES string of the molecule is CCOCCNc1ncc(C(=O)OCC)c(C)n1. The lowest BCUT2D eigenvalue weighted by molar-refractivity contribution is 0.0524. The quantitative estimate of drug-likeness (QED) is 0.585. The fourth-order valence-electron chi connectivity index (χ4n) is 1.34. The predicted molar refractivity (Wildman–Crippen MR) is 67.7 cm³/mol. The topological polar surface area (TPSA) is 73.3 Å². The van der Waals surface area contributed by atoms with Crippen LogP contribution in [0.2, 0.25) is 0 Å². The summed E-state index contributed by atoms with van der Waals surface area (Å²) in [7, 11) is 0. The number of rotatable bonds is 7. The summed E-state index contributed by atoms with van der Waals surface area (Å²) in [6, 6.07) is 0. The van der Waals surface area contributed by atoms with Crippen molar-refractivity contribution < 1.29 is 14.3 Å². The minimum atomic E-state index is -0.393. The molecule has 1 rings (SSSR count). The first kappa shape index (κ1) is 14.4. The number of nitrogens with zero attached hydrogens (tertiary/aromatic N) is 2. The summed E-state index contributed by atoms with van der Waals surface area (Å²) < 4.78 is 10.1. The van der Waals surface area contributed by atoms with Crippen molar-refractivity contribution in [3.8, 4) is 0 Å². The molecule has 0 amide bonds. The van der Waals surface area contributed by atoms with E-state index in [4.69, 9.17) is 9.47 Å². The fraction of sp³-hybridized carbons (Fsp3) is 0.583. The first-order chi connectivity index (χ1) is 8.69. The van der Waals surface area contributed by atoms with Gasteiger partial charge in [0.05, 0.1) is 24.5 Å². The molecule has 0 aliphatic carbocycles. The highest BCUT2D eigenvalue weighted by atomic mass is 16.5. The monoisotopic (exact) mass is 253 g/mol. The van der Waals surface area contributed by atoms with E-state index in [1.54, 1.807) is 13.8 Å². The molecular formula is C12H19N3O3. The van der Waals surface area contributed by atoms with Crippen LogP contribution in [0.4, 0.5) is 5.95 Å². The molecule has 1 N–H and O–H groups in total. The van der Waals surface area contributed by atoms with E-state index < -0.39 is 5.97 Å². The Hall–Kier alpha value is -1.69. The van der Waals surface area contributed by atoms with Crippen LogP contribution >= 0.6 is 0 Å². The first-order valence-corrected chi connectivity index (χ1v) is 6.01. The lowest BCUT2D eigenvalue weighted by atomic mass is 10.2. The average Bonchev–Trinajstić information content (AvgIpc) is 2.35. The number of hydrogen-bond acceptors (Lipinski definition) is 6. The van der Waals surface area contributed by atoms with Gasteiger partial charge in [0.15, 0.2) is 0 Å². The van der Waals surface area contributed by atoms with Crippen molar-refractivity contribution in [2.45, 2.75) is 20.8 Å². The minimum Gasteiger partial charge on any atom is -0.462 e. The van der Waals surface area contributed by atoms with Gasteiger partial charge in [-0.1, -0.05) is 0 Å². The van der Waals surface area contributed by atoms with Gasteiger partial charge in [-0.25, -0.2) is 14.8 Å². The molecule has 0 saturated heterocycles. The molecule has 6 nitrogen and oxygen atoms in total. The fourth-order valence-corrected chi connectivity index (χ4v) is 1.34. The van der Waals surface area contributed by atoms with Gasteiger partial charge >= 0.3 is 5.97 Å². The number of aromatic nitrogens is 2. The number of nitrogens with one attached hydrogen (secondary N) is 1.